The largest absolute Gasteiger partial charge is 0.573 e. The number of hydrogen-bond acceptors (Lipinski definition) is 8. The zero-order chi connectivity index (χ0) is 28.1. The van der Waals surface area contributed by atoms with Crippen LogP contribution < -0.4 is 20.3 Å². The number of benzene rings is 2. The average molecular weight is 570 g/mol. The average Bonchev–Trinajstić information content (AvgIpc) is 3.25. The van der Waals surface area contributed by atoms with E-state index >= 15 is 0 Å². The number of imide groups is 1. The number of ether oxygens (including phenoxy) is 1. The molecule has 208 valence electrons. The lowest BCUT2D eigenvalue weighted by atomic mass is 9.96. The van der Waals surface area contributed by atoms with Crippen molar-refractivity contribution in [1.82, 2.24) is 20.6 Å². The zero-order valence-electron chi connectivity index (χ0n) is 21.3. The fraction of sp³-hybridized carbons (Fsp3) is 0.286. The molecule has 0 atom stereocenters. The fourth-order valence-electron chi connectivity index (χ4n) is 4.74. The van der Waals surface area contributed by atoms with Crippen LogP contribution in [0.1, 0.15) is 24.1 Å². The first kappa shape index (κ1) is 27.7. The van der Waals surface area contributed by atoms with E-state index in [1.807, 2.05) is 12.1 Å². The van der Waals surface area contributed by atoms with Crippen molar-refractivity contribution in [1.29, 1.82) is 0 Å². The number of nitrogens with one attached hydrogen (secondary N) is 2. The lowest BCUT2D eigenvalue weighted by molar-refractivity contribution is -0.274. The van der Waals surface area contributed by atoms with Crippen LogP contribution in [0.4, 0.5) is 23.9 Å². The molecule has 0 aliphatic carbocycles. The van der Waals surface area contributed by atoms with Gasteiger partial charge in [0.25, 0.3) is 11.1 Å². The van der Waals surface area contributed by atoms with E-state index in [4.69, 9.17) is 0 Å². The van der Waals surface area contributed by atoms with Crippen LogP contribution in [-0.4, -0.2) is 47.1 Å². The number of hydrogen-bond donors (Lipinski definition) is 2. The lowest BCUT2D eigenvalue weighted by Crippen LogP contribution is -2.38. The predicted molar refractivity (Wildman–Crippen MR) is 146 cm³/mol. The number of amides is 2. The minimum absolute atomic E-state index is 0.226. The molecule has 3 aromatic rings. The fourth-order valence-corrected chi connectivity index (χ4v) is 5.40. The van der Waals surface area contributed by atoms with Gasteiger partial charge in [-0.2, -0.15) is 0 Å². The van der Waals surface area contributed by atoms with Gasteiger partial charge >= 0.3 is 6.36 Å². The van der Waals surface area contributed by atoms with Crippen molar-refractivity contribution >= 4 is 34.9 Å². The Bertz CT molecular complexity index is 1420. The molecule has 0 radical (unpaired) electrons. The second kappa shape index (κ2) is 12.1. The number of carbonyl (C=O) groups excluding carboxylic acids is 2. The van der Waals surface area contributed by atoms with E-state index in [1.165, 1.54) is 12.1 Å². The molecule has 2 N–H and O–H groups in total. The summed E-state index contributed by atoms with van der Waals surface area (Å²) in [5.74, 6) is 0.337. The zero-order valence-corrected chi connectivity index (χ0v) is 22.1. The summed E-state index contributed by atoms with van der Waals surface area (Å²) < 4.78 is 43.1. The third-order valence-corrected chi connectivity index (χ3v) is 7.46. The minimum Gasteiger partial charge on any atom is -0.405 e. The van der Waals surface area contributed by atoms with Crippen molar-refractivity contribution in [2.24, 2.45) is 5.92 Å². The molecular formula is C28H26F3N5O3S. The molecule has 0 spiro atoms. The summed E-state index contributed by atoms with van der Waals surface area (Å²) in [5.41, 5.74) is 2.52. The molecule has 2 aliphatic rings. The molecule has 2 saturated heterocycles. The van der Waals surface area contributed by atoms with E-state index < -0.39 is 17.5 Å². The monoisotopic (exact) mass is 569 g/mol. The minimum atomic E-state index is -4.77. The number of halogens is 3. The van der Waals surface area contributed by atoms with Gasteiger partial charge in [-0.05, 0) is 66.4 Å². The van der Waals surface area contributed by atoms with Crippen LogP contribution in [0.3, 0.4) is 0 Å². The van der Waals surface area contributed by atoms with Gasteiger partial charge in [0, 0.05) is 31.4 Å². The lowest BCUT2D eigenvalue weighted by Gasteiger charge is -2.32. The van der Waals surface area contributed by atoms with Crippen molar-refractivity contribution in [3.63, 3.8) is 0 Å². The smallest absolute Gasteiger partial charge is 0.405 e. The van der Waals surface area contributed by atoms with Gasteiger partial charge in [-0.1, -0.05) is 42.5 Å². The van der Waals surface area contributed by atoms with Gasteiger partial charge in [0.05, 0.1) is 10.6 Å². The van der Waals surface area contributed by atoms with Crippen LogP contribution in [0.2, 0.25) is 0 Å². The first-order chi connectivity index (χ1) is 19.2. The van der Waals surface area contributed by atoms with Crippen molar-refractivity contribution in [3.8, 4) is 16.9 Å². The van der Waals surface area contributed by atoms with Gasteiger partial charge in [-0.25, -0.2) is 9.97 Å². The second-order valence-corrected chi connectivity index (χ2v) is 10.4. The first-order valence-electron chi connectivity index (χ1n) is 12.7. The van der Waals surface area contributed by atoms with Crippen molar-refractivity contribution < 1.29 is 27.5 Å². The Morgan fingerprint density at radius 2 is 1.77 bits per heavy atom. The van der Waals surface area contributed by atoms with E-state index in [9.17, 15) is 22.8 Å². The summed E-state index contributed by atoms with van der Waals surface area (Å²) in [6, 6.07) is 15.2. The van der Waals surface area contributed by atoms with E-state index in [1.54, 1.807) is 42.6 Å². The number of carbonyl (C=O) groups is 2. The third-order valence-electron chi connectivity index (χ3n) is 6.65. The van der Waals surface area contributed by atoms with Gasteiger partial charge in [0.1, 0.15) is 5.75 Å². The van der Waals surface area contributed by atoms with E-state index in [2.05, 4.69) is 30.2 Å². The summed E-state index contributed by atoms with van der Waals surface area (Å²) >= 11 is 0.848. The third kappa shape index (κ3) is 6.99. The first-order valence-corrected chi connectivity index (χ1v) is 13.5. The van der Waals surface area contributed by atoms with Crippen molar-refractivity contribution in [3.05, 3.63) is 77.0 Å². The summed E-state index contributed by atoms with van der Waals surface area (Å²) in [6.45, 7) is 2.79. The number of thioether (sulfide) groups is 1. The number of para-hydroxylation sites is 1. The summed E-state index contributed by atoms with van der Waals surface area (Å²) in [7, 11) is 0. The van der Waals surface area contributed by atoms with Crippen LogP contribution >= 0.6 is 11.8 Å². The van der Waals surface area contributed by atoms with Crippen LogP contribution in [0.25, 0.3) is 17.2 Å². The van der Waals surface area contributed by atoms with Crippen LogP contribution in [0, 0.1) is 5.92 Å². The molecule has 0 unspecified atom stereocenters. The SMILES string of the molecule is O=C1NC(=O)/C(=C/c2ccnc(N3CCC(CNCc4ccccc4-c4ccccc4OC(F)(F)F)CC3)n2)S1. The Morgan fingerprint density at radius 3 is 2.50 bits per heavy atom. The molecular weight excluding hydrogens is 543 g/mol. The highest BCUT2D eigenvalue weighted by Gasteiger charge is 2.32. The molecule has 2 fully saturated rings. The number of anilines is 1. The topological polar surface area (TPSA) is 96.5 Å². The number of aromatic nitrogens is 2. The molecule has 2 aliphatic heterocycles. The molecule has 0 saturated carbocycles. The quantitative estimate of drug-likeness (QED) is 0.350. The maximum Gasteiger partial charge on any atom is 0.573 e. The summed E-state index contributed by atoms with van der Waals surface area (Å²) in [4.78, 5) is 34.5. The predicted octanol–water partition coefficient (Wildman–Crippen LogP) is 5.37. The normalized spacial score (nSPS) is 17.4. The molecule has 8 nitrogen and oxygen atoms in total. The second-order valence-electron chi connectivity index (χ2n) is 9.40. The summed E-state index contributed by atoms with van der Waals surface area (Å²) in [5, 5.41) is 5.30. The van der Waals surface area contributed by atoms with E-state index in [0.29, 0.717) is 40.1 Å². The Kier molecular flexibility index (Phi) is 8.36. The molecule has 12 heteroatoms. The highest BCUT2D eigenvalue weighted by Crippen LogP contribution is 2.35. The number of piperidine rings is 1. The van der Waals surface area contributed by atoms with E-state index in [0.717, 1.165) is 49.8 Å². The molecule has 2 amide bonds. The number of rotatable bonds is 8. The highest BCUT2D eigenvalue weighted by molar-refractivity contribution is 8.18. The van der Waals surface area contributed by atoms with Crippen molar-refractivity contribution in [2.75, 3.05) is 24.5 Å². The van der Waals surface area contributed by atoms with Crippen LogP contribution in [0.5, 0.6) is 5.75 Å². The Balaban J connectivity index is 1.16. The maximum atomic E-state index is 12.9. The summed E-state index contributed by atoms with van der Waals surface area (Å²) in [6.07, 6.45) is 0.277. The number of alkyl halides is 3. The van der Waals surface area contributed by atoms with Crippen LogP contribution in [0.15, 0.2) is 65.7 Å². The van der Waals surface area contributed by atoms with Gasteiger partial charge in [0.15, 0.2) is 0 Å². The molecule has 40 heavy (non-hydrogen) atoms. The number of nitrogens with zero attached hydrogens (tertiary/aromatic N) is 3. The van der Waals surface area contributed by atoms with Gasteiger partial charge in [0.2, 0.25) is 5.95 Å². The molecule has 2 aromatic carbocycles. The molecule has 0 bridgehead atoms. The standard InChI is InChI=1S/C28H26F3N5O3S/c29-28(30,31)39-23-8-4-3-7-22(23)21-6-2-1-5-19(21)17-32-16-18-10-13-36(14-11-18)26-33-12-9-20(34-26)15-24-25(37)35-27(38)40-24/h1-9,12,15,18,32H,10-11,13-14,16-17H2,(H,35,37,38)/b24-15-. The van der Waals surface area contributed by atoms with Crippen molar-refractivity contribution in [2.45, 2.75) is 25.7 Å². The van der Waals surface area contributed by atoms with Gasteiger partial charge < -0.3 is 15.0 Å². The van der Waals surface area contributed by atoms with Crippen LogP contribution in [-0.2, 0) is 11.3 Å². The Hall–Kier alpha value is -3.90. The van der Waals surface area contributed by atoms with Gasteiger partial charge in [-0.15, -0.1) is 13.2 Å². The molecule has 3 heterocycles. The Labute approximate surface area is 233 Å². The van der Waals surface area contributed by atoms with Gasteiger partial charge in [-0.3, -0.25) is 14.9 Å². The van der Waals surface area contributed by atoms with E-state index in [-0.39, 0.29) is 5.75 Å². The molecule has 5 rings (SSSR count). The molecule has 1 aromatic heterocycles. The maximum absolute atomic E-state index is 12.9. The highest BCUT2D eigenvalue weighted by atomic mass is 32.2. The Morgan fingerprint density at radius 1 is 1.05 bits per heavy atom.